The zero-order valence-electron chi connectivity index (χ0n) is 17.1. The van der Waals surface area contributed by atoms with E-state index in [2.05, 4.69) is 19.7 Å². The smallest absolute Gasteiger partial charge is 0.259 e. The lowest BCUT2D eigenvalue weighted by atomic mass is 10.2. The Bertz CT molecular complexity index is 1420. The average Bonchev–Trinajstić information content (AvgIpc) is 3.48. The highest BCUT2D eigenvalue weighted by Gasteiger charge is 2.22. The summed E-state index contributed by atoms with van der Waals surface area (Å²) in [5, 5.41) is 12.3. The molecule has 1 N–H and O–H groups in total. The molecule has 6 nitrogen and oxygen atoms in total. The van der Waals surface area contributed by atoms with Crippen LogP contribution in [0, 0.1) is 13.8 Å². The van der Waals surface area contributed by atoms with Crippen LogP contribution >= 0.6 is 34.4 Å². The van der Waals surface area contributed by atoms with Crippen molar-refractivity contribution in [2.24, 2.45) is 0 Å². The first-order valence-electron chi connectivity index (χ1n) is 9.74. The van der Waals surface area contributed by atoms with Crippen molar-refractivity contribution in [1.82, 2.24) is 24.7 Å². The Balaban J connectivity index is 1.56. The van der Waals surface area contributed by atoms with Crippen molar-refractivity contribution in [1.29, 1.82) is 0 Å². The summed E-state index contributed by atoms with van der Waals surface area (Å²) in [5.74, 6) is 1.45. The summed E-state index contributed by atoms with van der Waals surface area (Å²) in [5.41, 5.74) is 1.91. The fourth-order valence-electron chi connectivity index (χ4n) is 3.40. The van der Waals surface area contributed by atoms with Crippen LogP contribution in [0.15, 0.2) is 57.8 Å². The van der Waals surface area contributed by atoms with Gasteiger partial charge in [-0.3, -0.25) is 9.36 Å². The number of nitrogens with one attached hydrogen (secondary N) is 1. The number of nitrogens with zero attached hydrogens (tertiary/aromatic N) is 4. The number of thiophene rings is 2. The number of fused-ring (bicyclic) bond motifs is 1. The molecule has 0 aliphatic carbocycles. The van der Waals surface area contributed by atoms with E-state index in [4.69, 9.17) is 4.98 Å². The Labute approximate surface area is 191 Å². The Morgan fingerprint density at radius 1 is 1.10 bits per heavy atom. The summed E-state index contributed by atoms with van der Waals surface area (Å²) in [6, 6.07) is 14.1. The van der Waals surface area contributed by atoms with Crippen LogP contribution in [0.4, 0.5) is 0 Å². The second kappa shape index (κ2) is 8.07. The van der Waals surface area contributed by atoms with E-state index in [1.165, 1.54) is 11.8 Å². The molecule has 31 heavy (non-hydrogen) atoms. The summed E-state index contributed by atoms with van der Waals surface area (Å²) in [4.78, 5) is 23.4. The van der Waals surface area contributed by atoms with Crippen molar-refractivity contribution in [2.45, 2.75) is 31.2 Å². The minimum Gasteiger partial charge on any atom is -0.309 e. The van der Waals surface area contributed by atoms with Gasteiger partial charge in [0.25, 0.3) is 5.56 Å². The van der Waals surface area contributed by atoms with E-state index in [1.54, 1.807) is 22.7 Å². The van der Waals surface area contributed by atoms with Gasteiger partial charge in [-0.25, -0.2) is 4.98 Å². The van der Waals surface area contributed by atoms with Gasteiger partial charge >= 0.3 is 0 Å². The summed E-state index contributed by atoms with van der Waals surface area (Å²) in [6.45, 7) is 6.02. The SMILES string of the molecule is Cc1sc2nc(C(C)Sc3nnc(-c4cccs4)n3-c3ccccc3)[nH]c(=O)c2c1C. The van der Waals surface area contributed by atoms with Gasteiger partial charge in [-0.2, -0.15) is 0 Å². The third-order valence-electron chi connectivity index (χ3n) is 5.11. The van der Waals surface area contributed by atoms with Crippen molar-refractivity contribution in [3.8, 4) is 16.4 Å². The standard InChI is InChI=1S/C22H19N5OS3/c1-12-13(2)30-21-17(12)20(28)23-18(24-21)14(3)31-22-26-25-19(16-10-7-11-29-16)27(22)15-8-5-4-6-9-15/h4-11,14H,1-3H3,(H,23,24,28). The average molecular weight is 466 g/mol. The molecule has 0 amide bonds. The Kier molecular flexibility index (Phi) is 5.25. The van der Waals surface area contributed by atoms with Crippen LogP contribution < -0.4 is 5.56 Å². The number of aryl methyl sites for hydroxylation is 2. The first kappa shape index (κ1) is 20.2. The van der Waals surface area contributed by atoms with E-state index in [-0.39, 0.29) is 10.8 Å². The molecule has 9 heteroatoms. The predicted molar refractivity (Wildman–Crippen MR) is 129 cm³/mol. The molecular weight excluding hydrogens is 446 g/mol. The number of aromatic amines is 1. The van der Waals surface area contributed by atoms with Crippen molar-refractivity contribution >= 4 is 44.7 Å². The van der Waals surface area contributed by atoms with Crippen LogP contribution in [0.25, 0.3) is 26.6 Å². The Morgan fingerprint density at radius 2 is 1.90 bits per heavy atom. The fraction of sp³-hybridized carbons (Fsp3) is 0.182. The molecule has 156 valence electrons. The number of H-pyrrole nitrogens is 1. The molecule has 0 aliphatic heterocycles. The number of thioether (sulfide) groups is 1. The molecule has 1 unspecified atom stereocenters. The van der Waals surface area contributed by atoms with Crippen LogP contribution in [0.5, 0.6) is 0 Å². The maximum atomic E-state index is 12.7. The predicted octanol–water partition coefficient (Wildman–Crippen LogP) is 5.76. The number of hydrogen-bond donors (Lipinski definition) is 1. The summed E-state index contributed by atoms with van der Waals surface area (Å²) in [6.07, 6.45) is 0. The third-order valence-corrected chi connectivity index (χ3v) is 8.13. The second-order valence-electron chi connectivity index (χ2n) is 7.13. The molecule has 5 aromatic rings. The number of benzene rings is 1. The Hall–Kier alpha value is -2.75. The molecule has 5 rings (SSSR count). The first-order valence-corrected chi connectivity index (χ1v) is 12.3. The van der Waals surface area contributed by atoms with Crippen LogP contribution in [0.1, 0.15) is 28.4 Å². The second-order valence-corrected chi connectivity index (χ2v) is 10.6. The molecule has 1 atom stereocenters. The van der Waals surface area contributed by atoms with Gasteiger partial charge in [-0.15, -0.1) is 32.9 Å². The van der Waals surface area contributed by atoms with Crippen molar-refractivity contribution < 1.29 is 0 Å². The van der Waals surface area contributed by atoms with Crippen molar-refractivity contribution in [3.05, 3.63) is 74.5 Å². The van der Waals surface area contributed by atoms with Crippen molar-refractivity contribution in [3.63, 3.8) is 0 Å². The van der Waals surface area contributed by atoms with Gasteiger partial charge in [0.15, 0.2) is 11.0 Å². The van der Waals surface area contributed by atoms with Crippen LogP contribution in [-0.4, -0.2) is 24.7 Å². The highest BCUT2D eigenvalue weighted by molar-refractivity contribution is 7.99. The van der Waals surface area contributed by atoms with Crippen molar-refractivity contribution in [2.75, 3.05) is 0 Å². The molecule has 0 aliphatic rings. The molecule has 0 radical (unpaired) electrons. The maximum Gasteiger partial charge on any atom is 0.259 e. The maximum absolute atomic E-state index is 12.7. The monoisotopic (exact) mass is 465 g/mol. The van der Waals surface area contributed by atoms with Crippen LogP contribution in [0.2, 0.25) is 0 Å². The van der Waals surface area contributed by atoms with Gasteiger partial charge in [0.05, 0.1) is 15.5 Å². The minimum absolute atomic E-state index is 0.0851. The quantitative estimate of drug-likeness (QED) is 0.334. The van der Waals surface area contributed by atoms with E-state index < -0.39 is 0 Å². The zero-order valence-corrected chi connectivity index (χ0v) is 19.6. The zero-order chi connectivity index (χ0) is 21.5. The molecule has 4 aromatic heterocycles. The molecule has 0 saturated heterocycles. The molecular formula is C22H19N5OS3. The molecule has 0 fully saturated rings. The topological polar surface area (TPSA) is 76.5 Å². The molecule has 0 saturated carbocycles. The van der Waals surface area contributed by atoms with E-state index in [9.17, 15) is 4.79 Å². The van der Waals surface area contributed by atoms with Crippen LogP contribution in [0.3, 0.4) is 0 Å². The summed E-state index contributed by atoms with van der Waals surface area (Å²) < 4.78 is 2.06. The molecule has 4 heterocycles. The Morgan fingerprint density at radius 3 is 2.65 bits per heavy atom. The highest BCUT2D eigenvalue weighted by Crippen LogP contribution is 2.37. The molecule has 0 bridgehead atoms. The normalized spacial score (nSPS) is 12.5. The van der Waals surface area contributed by atoms with Gasteiger partial charge in [0.2, 0.25) is 0 Å². The van der Waals surface area contributed by atoms with Crippen LogP contribution in [-0.2, 0) is 0 Å². The van der Waals surface area contributed by atoms with Gasteiger partial charge in [0, 0.05) is 10.6 Å². The fourth-order valence-corrected chi connectivity index (χ4v) is 6.06. The van der Waals surface area contributed by atoms with E-state index in [1.807, 2.05) is 68.6 Å². The highest BCUT2D eigenvalue weighted by atomic mass is 32.2. The lowest BCUT2D eigenvalue weighted by Crippen LogP contribution is -2.12. The summed E-state index contributed by atoms with van der Waals surface area (Å²) in [7, 11) is 0. The molecule has 0 spiro atoms. The lowest BCUT2D eigenvalue weighted by Gasteiger charge is -2.13. The third kappa shape index (κ3) is 3.62. The molecule has 1 aromatic carbocycles. The first-order chi connectivity index (χ1) is 15.0. The summed E-state index contributed by atoms with van der Waals surface area (Å²) >= 11 is 4.72. The lowest BCUT2D eigenvalue weighted by molar-refractivity contribution is 0.863. The largest absolute Gasteiger partial charge is 0.309 e. The van der Waals surface area contributed by atoms with Gasteiger partial charge in [-0.1, -0.05) is 36.0 Å². The number of para-hydroxylation sites is 1. The number of aromatic nitrogens is 5. The number of rotatable bonds is 5. The van der Waals surface area contributed by atoms with E-state index in [0.717, 1.165) is 36.8 Å². The van der Waals surface area contributed by atoms with E-state index in [0.29, 0.717) is 11.2 Å². The van der Waals surface area contributed by atoms with Gasteiger partial charge in [0.1, 0.15) is 10.7 Å². The number of hydrogen-bond acceptors (Lipinski definition) is 7. The van der Waals surface area contributed by atoms with E-state index >= 15 is 0 Å². The minimum atomic E-state index is -0.109. The van der Waals surface area contributed by atoms with Gasteiger partial charge in [-0.05, 0) is 49.9 Å². The van der Waals surface area contributed by atoms with Gasteiger partial charge < -0.3 is 4.98 Å².